The molecule has 1 aromatic carbocycles. The Bertz CT molecular complexity index is 332. The number of rotatable bonds is 1. The van der Waals surface area contributed by atoms with Crippen LogP contribution in [-0.2, 0) is 0 Å². The predicted octanol–water partition coefficient (Wildman–Crippen LogP) is 2.51. The van der Waals surface area contributed by atoms with Crippen LogP contribution in [-0.4, -0.2) is 10.9 Å². The molecule has 64 valence electrons. The zero-order valence-electron chi connectivity index (χ0n) is 6.89. The third-order valence-corrected chi connectivity index (χ3v) is 2.35. The Kier molecular flexibility index (Phi) is 2.72. The molecule has 1 aromatic rings. The number of carbonyl (C=O) groups is 1. The first kappa shape index (κ1) is 9.51. The highest BCUT2D eigenvalue weighted by atomic mass is 127. The van der Waals surface area contributed by atoms with Gasteiger partial charge in [-0.25, -0.2) is 0 Å². The minimum Gasteiger partial charge on any atom is -0.508 e. The molecule has 1 rings (SSSR count). The zero-order chi connectivity index (χ0) is 9.30. The molecule has 0 aliphatic carbocycles. The number of phenols is 1. The smallest absolute Gasteiger partial charge is 0.160 e. The molecule has 0 unspecified atom stereocenters. The van der Waals surface area contributed by atoms with E-state index in [1.165, 1.54) is 6.92 Å². The molecule has 0 aliphatic rings. The fourth-order valence-electron chi connectivity index (χ4n) is 1.03. The van der Waals surface area contributed by atoms with Crippen LogP contribution in [0.25, 0.3) is 0 Å². The highest BCUT2D eigenvalue weighted by Crippen LogP contribution is 2.23. The van der Waals surface area contributed by atoms with Crippen molar-refractivity contribution in [1.29, 1.82) is 0 Å². The van der Waals surface area contributed by atoms with Gasteiger partial charge in [0.15, 0.2) is 5.78 Å². The SMILES string of the molecule is CC(=O)c1cc(I)cc(O)c1C. The van der Waals surface area contributed by atoms with E-state index in [4.69, 9.17) is 0 Å². The molecule has 12 heavy (non-hydrogen) atoms. The van der Waals surface area contributed by atoms with E-state index in [2.05, 4.69) is 22.6 Å². The number of halogens is 1. The maximum atomic E-state index is 11.1. The normalized spacial score (nSPS) is 9.92. The van der Waals surface area contributed by atoms with Crippen LogP contribution >= 0.6 is 22.6 Å². The first-order valence-corrected chi connectivity index (χ1v) is 4.60. The van der Waals surface area contributed by atoms with Crippen LogP contribution in [0.3, 0.4) is 0 Å². The van der Waals surface area contributed by atoms with E-state index in [0.29, 0.717) is 11.1 Å². The van der Waals surface area contributed by atoms with Crippen LogP contribution in [0.1, 0.15) is 22.8 Å². The van der Waals surface area contributed by atoms with Crippen molar-refractivity contribution in [2.45, 2.75) is 13.8 Å². The van der Waals surface area contributed by atoms with Gasteiger partial charge in [-0.1, -0.05) is 0 Å². The summed E-state index contributed by atoms with van der Waals surface area (Å²) in [5.74, 6) is 0.174. The van der Waals surface area contributed by atoms with E-state index >= 15 is 0 Å². The molecule has 0 heterocycles. The summed E-state index contributed by atoms with van der Waals surface area (Å²) in [6.45, 7) is 3.24. The molecule has 0 fully saturated rings. The molecule has 3 heteroatoms. The fourth-order valence-corrected chi connectivity index (χ4v) is 1.64. The number of hydrogen-bond donors (Lipinski definition) is 1. The number of aromatic hydroxyl groups is 1. The number of carbonyl (C=O) groups excluding carboxylic acids is 1. The van der Waals surface area contributed by atoms with Gasteiger partial charge in [-0.05, 0) is 48.6 Å². The molecule has 0 spiro atoms. The van der Waals surface area contributed by atoms with E-state index < -0.39 is 0 Å². The second kappa shape index (κ2) is 3.43. The standard InChI is InChI=1S/C9H9IO2/c1-5-8(6(2)11)3-7(10)4-9(5)12/h3-4,12H,1-2H3. The van der Waals surface area contributed by atoms with E-state index in [0.717, 1.165) is 3.57 Å². The maximum absolute atomic E-state index is 11.1. The second-order valence-corrected chi connectivity index (χ2v) is 3.90. The predicted molar refractivity (Wildman–Crippen MR) is 55.6 cm³/mol. The van der Waals surface area contributed by atoms with Crippen LogP contribution in [0.2, 0.25) is 0 Å². The number of ketones is 1. The second-order valence-electron chi connectivity index (χ2n) is 2.65. The number of benzene rings is 1. The Morgan fingerprint density at radius 1 is 1.50 bits per heavy atom. The topological polar surface area (TPSA) is 37.3 Å². The van der Waals surface area contributed by atoms with Crippen molar-refractivity contribution in [2.24, 2.45) is 0 Å². The van der Waals surface area contributed by atoms with Gasteiger partial charge >= 0.3 is 0 Å². The average Bonchev–Trinajstić information content (AvgIpc) is 1.96. The van der Waals surface area contributed by atoms with Gasteiger partial charge in [-0.3, -0.25) is 4.79 Å². The Hall–Kier alpha value is -0.580. The molecule has 1 N–H and O–H groups in total. The summed E-state index contributed by atoms with van der Waals surface area (Å²) in [7, 11) is 0. The molecule has 0 radical (unpaired) electrons. The molecule has 0 atom stereocenters. The van der Waals surface area contributed by atoms with Crippen LogP contribution in [0, 0.1) is 10.5 Å². The minimum absolute atomic E-state index is 0.0127. The first-order chi connectivity index (χ1) is 5.52. The third-order valence-electron chi connectivity index (χ3n) is 1.72. The fraction of sp³-hybridized carbons (Fsp3) is 0.222. The van der Waals surface area contributed by atoms with Gasteiger partial charge in [0.25, 0.3) is 0 Å². The maximum Gasteiger partial charge on any atom is 0.160 e. The molecule has 0 aliphatic heterocycles. The largest absolute Gasteiger partial charge is 0.508 e. The van der Waals surface area contributed by atoms with Gasteiger partial charge in [0, 0.05) is 14.7 Å². The molecule has 2 nitrogen and oxygen atoms in total. The highest BCUT2D eigenvalue weighted by Gasteiger charge is 2.08. The van der Waals surface area contributed by atoms with Gasteiger partial charge in [0.05, 0.1) is 0 Å². The van der Waals surface area contributed by atoms with Gasteiger partial charge in [-0.2, -0.15) is 0 Å². The van der Waals surface area contributed by atoms with Gasteiger partial charge in [-0.15, -0.1) is 0 Å². The summed E-state index contributed by atoms with van der Waals surface area (Å²) >= 11 is 2.07. The Labute approximate surface area is 84.7 Å². The Balaban J connectivity index is 3.37. The molecular formula is C9H9IO2. The third kappa shape index (κ3) is 1.77. The summed E-state index contributed by atoms with van der Waals surface area (Å²) < 4.78 is 0.876. The van der Waals surface area contributed by atoms with Crippen LogP contribution < -0.4 is 0 Å². The van der Waals surface area contributed by atoms with Crippen molar-refractivity contribution in [2.75, 3.05) is 0 Å². The number of hydrogen-bond acceptors (Lipinski definition) is 2. The zero-order valence-corrected chi connectivity index (χ0v) is 9.05. The summed E-state index contributed by atoms with van der Waals surface area (Å²) in [6.07, 6.45) is 0. The molecule has 0 aromatic heterocycles. The van der Waals surface area contributed by atoms with Crippen molar-refractivity contribution in [3.8, 4) is 5.75 Å². The Morgan fingerprint density at radius 2 is 2.08 bits per heavy atom. The van der Waals surface area contributed by atoms with Crippen molar-refractivity contribution < 1.29 is 9.90 Å². The quantitative estimate of drug-likeness (QED) is 0.632. The monoisotopic (exact) mass is 276 g/mol. The lowest BCUT2D eigenvalue weighted by atomic mass is 10.1. The highest BCUT2D eigenvalue weighted by molar-refractivity contribution is 14.1. The molecule has 0 saturated heterocycles. The lowest BCUT2D eigenvalue weighted by Crippen LogP contribution is -1.96. The summed E-state index contributed by atoms with van der Waals surface area (Å²) in [5.41, 5.74) is 1.25. The van der Waals surface area contributed by atoms with Crippen molar-refractivity contribution in [3.63, 3.8) is 0 Å². The van der Waals surface area contributed by atoms with Gasteiger partial charge in [0.2, 0.25) is 0 Å². The Morgan fingerprint density at radius 3 is 2.58 bits per heavy atom. The molecule has 0 bridgehead atoms. The first-order valence-electron chi connectivity index (χ1n) is 3.52. The van der Waals surface area contributed by atoms with Crippen molar-refractivity contribution in [1.82, 2.24) is 0 Å². The van der Waals surface area contributed by atoms with E-state index in [1.807, 2.05) is 0 Å². The lowest BCUT2D eigenvalue weighted by Gasteiger charge is -2.04. The summed E-state index contributed by atoms with van der Waals surface area (Å²) in [5, 5.41) is 9.37. The molecule has 0 amide bonds. The summed E-state index contributed by atoms with van der Waals surface area (Å²) in [4.78, 5) is 11.1. The van der Waals surface area contributed by atoms with E-state index in [9.17, 15) is 9.90 Å². The van der Waals surface area contributed by atoms with Crippen LogP contribution in [0.5, 0.6) is 5.75 Å². The molecular weight excluding hydrogens is 267 g/mol. The average molecular weight is 276 g/mol. The van der Waals surface area contributed by atoms with E-state index in [1.54, 1.807) is 19.1 Å². The molecule has 0 saturated carbocycles. The van der Waals surface area contributed by atoms with Crippen LogP contribution in [0.4, 0.5) is 0 Å². The summed E-state index contributed by atoms with van der Waals surface area (Å²) in [6, 6.07) is 3.42. The van der Waals surface area contributed by atoms with Crippen molar-refractivity contribution in [3.05, 3.63) is 26.8 Å². The number of phenolic OH excluding ortho intramolecular Hbond substituents is 1. The van der Waals surface area contributed by atoms with Crippen molar-refractivity contribution >= 4 is 28.4 Å². The van der Waals surface area contributed by atoms with E-state index in [-0.39, 0.29) is 11.5 Å². The minimum atomic E-state index is -0.0127. The van der Waals surface area contributed by atoms with Gasteiger partial charge in [0.1, 0.15) is 5.75 Å². The van der Waals surface area contributed by atoms with Crippen LogP contribution in [0.15, 0.2) is 12.1 Å². The van der Waals surface area contributed by atoms with Gasteiger partial charge < -0.3 is 5.11 Å². The number of Topliss-reactive ketones (excluding diaryl/α,β-unsaturated/α-hetero) is 1. The lowest BCUT2D eigenvalue weighted by molar-refractivity contribution is 0.101.